The van der Waals surface area contributed by atoms with E-state index < -0.39 is 18.2 Å². The molecule has 0 radical (unpaired) electrons. The predicted octanol–water partition coefficient (Wildman–Crippen LogP) is 1.87. The summed E-state index contributed by atoms with van der Waals surface area (Å²) in [5.74, 6) is -0.590. The van der Waals surface area contributed by atoms with Gasteiger partial charge in [-0.05, 0) is 20.8 Å². The SMILES string of the molecule is CNN(C=NC(C)C(F)(F)F)/C=C\C(=O)OC(C)C. The third kappa shape index (κ3) is 8.20. The second kappa shape index (κ2) is 7.78. The number of hydrogen-bond donors (Lipinski definition) is 1. The third-order valence-electron chi connectivity index (χ3n) is 1.87. The summed E-state index contributed by atoms with van der Waals surface area (Å²) in [5.41, 5.74) is 2.54. The van der Waals surface area contributed by atoms with Crippen LogP contribution in [0.15, 0.2) is 17.3 Å². The molecule has 0 rings (SSSR count). The van der Waals surface area contributed by atoms with Gasteiger partial charge in [0, 0.05) is 19.3 Å². The van der Waals surface area contributed by atoms with Crippen LogP contribution in [0.25, 0.3) is 0 Å². The Labute approximate surface area is 110 Å². The maximum Gasteiger partial charge on any atom is 0.410 e. The zero-order chi connectivity index (χ0) is 15.1. The second-order valence-electron chi connectivity index (χ2n) is 3.91. The van der Waals surface area contributed by atoms with Gasteiger partial charge >= 0.3 is 12.1 Å². The van der Waals surface area contributed by atoms with Crippen molar-refractivity contribution in [3.8, 4) is 0 Å². The maximum atomic E-state index is 12.2. The largest absolute Gasteiger partial charge is 0.460 e. The molecule has 0 saturated heterocycles. The predicted molar refractivity (Wildman–Crippen MR) is 65.3 cm³/mol. The van der Waals surface area contributed by atoms with E-state index in [0.29, 0.717) is 0 Å². The van der Waals surface area contributed by atoms with Crippen molar-refractivity contribution in [2.24, 2.45) is 4.99 Å². The molecule has 0 aromatic carbocycles. The number of hydrogen-bond acceptors (Lipinski definition) is 4. The van der Waals surface area contributed by atoms with Crippen LogP contribution in [0.1, 0.15) is 20.8 Å². The quantitative estimate of drug-likeness (QED) is 0.265. The Kier molecular flexibility index (Phi) is 7.13. The molecular weight excluding hydrogens is 263 g/mol. The van der Waals surface area contributed by atoms with E-state index in [1.165, 1.54) is 13.2 Å². The van der Waals surface area contributed by atoms with Gasteiger partial charge in [-0.25, -0.2) is 10.2 Å². The molecule has 0 aromatic heterocycles. The van der Waals surface area contributed by atoms with Crippen molar-refractivity contribution in [2.75, 3.05) is 7.05 Å². The zero-order valence-corrected chi connectivity index (χ0v) is 11.2. The molecule has 1 N–H and O–H groups in total. The van der Waals surface area contributed by atoms with E-state index >= 15 is 0 Å². The Bertz CT molecular complexity index is 341. The third-order valence-corrected chi connectivity index (χ3v) is 1.87. The summed E-state index contributed by atoms with van der Waals surface area (Å²) >= 11 is 0. The van der Waals surface area contributed by atoms with Crippen molar-refractivity contribution in [3.63, 3.8) is 0 Å². The lowest BCUT2D eigenvalue weighted by molar-refractivity contribution is -0.143. The van der Waals surface area contributed by atoms with Gasteiger partial charge in [-0.2, -0.15) is 13.2 Å². The van der Waals surface area contributed by atoms with Crippen molar-refractivity contribution in [1.29, 1.82) is 0 Å². The fourth-order valence-electron chi connectivity index (χ4n) is 0.840. The molecule has 0 saturated carbocycles. The molecule has 19 heavy (non-hydrogen) atoms. The lowest BCUT2D eigenvalue weighted by atomic mass is 10.3. The summed E-state index contributed by atoms with van der Waals surface area (Å²) < 4.78 is 41.5. The van der Waals surface area contributed by atoms with Crippen LogP contribution < -0.4 is 5.43 Å². The highest BCUT2D eigenvalue weighted by molar-refractivity contribution is 5.82. The van der Waals surface area contributed by atoms with Crippen LogP contribution in [0.3, 0.4) is 0 Å². The Morgan fingerprint density at radius 2 is 1.95 bits per heavy atom. The van der Waals surface area contributed by atoms with Crippen LogP contribution >= 0.6 is 0 Å². The number of rotatable bonds is 6. The number of carbonyl (C=O) groups excluding carboxylic acids is 1. The van der Waals surface area contributed by atoms with Crippen LogP contribution in [0.2, 0.25) is 0 Å². The van der Waals surface area contributed by atoms with Crippen LogP contribution in [0, 0.1) is 0 Å². The van der Waals surface area contributed by atoms with Gasteiger partial charge in [-0.1, -0.05) is 0 Å². The molecule has 1 atom stereocenters. The number of nitrogens with one attached hydrogen (secondary N) is 1. The molecular formula is C11H18F3N3O2. The van der Waals surface area contributed by atoms with Gasteiger partial charge in [-0.15, -0.1) is 0 Å². The van der Waals surface area contributed by atoms with Gasteiger partial charge in [0.1, 0.15) is 12.4 Å². The summed E-state index contributed by atoms with van der Waals surface area (Å²) in [4.78, 5) is 14.5. The van der Waals surface area contributed by atoms with Crippen LogP contribution in [-0.2, 0) is 9.53 Å². The number of ether oxygens (including phenoxy) is 1. The van der Waals surface area contributed by atoms with E-state index in [1.807, 2.05) is 0 Å². The van der Waals surface area contributed by atoms with Gasteiger partial charge in [0.25, 0.3) is 0 Å². The second-order valence-corrected chi connectivity index (χ2v) is 3.91. The van der Waals surface area contributed by atoms with E-state index in [0.717, 1.165) is 24.3 Å². The fourth-order valence-corrected chi connectivity index (χ4v) is 0.840. The van der Waals surface area contributed by atoms with Crippen LogP contribution in [0.5, 0.6) is 0 Å². The van der Waals surface area contributed by atoms with Gasteiger partial charge in [0.2, 0.25) is 0 Å². The molecule has 1 unspecified atom stereocenters. The van der Waals surface area contributed by atoms with E-state index in [-0.39, 0.29) is 6.10 Å². The molecule has 0 aliphatic heterocycles. The average Bonchev–Trinajstić information content (AvgIpc) is 2.26. The van der Waals surface area contributed by atoms with Gasteiger partial charge in [-0.3, -0.25) is 10.0 Å². The Morgan fingerprint density at radius 3 is 2.37 bits per heavy atom. The van der Waals surface area contributed by atoms with Crippen molar-refractivity contribution in [3.05, 3.63) is 12.3 Å². The topological polar surface area (TPSA) is 53.9 Å². The van der Waals surface area contributed by atoms with Gasteiger partial charge in [0.15, 0.2) is 0 Å². The van der Waals surface area contributed by atoms with E-state index in [2.05, 4.69) is 10.4 Å². The monoisotopic (exact) mass is 281 g/mol. The highest BCUT2D eigenvalue weighted by Crippen LogP contribution is 2.21. The first kappa shape index (κ1) is 17.4. The number of halogens is 3. The summed E-state index contributed by atoms with van der Waals surface area (Å²) in [5, 5.41) is 1.11. The number of alkyl halides is 3. The number of nitrogens with zero attached hydrogens (tertiary/aromatic N) is 2. The van der Waals surface area contributed by atoms with E-state index in [1.54, 1.807) is 13.8 Å². The molecule has 0 heterocycles. The summed E-state index contributed by atoms with van der Waals surface area (Å²) in [6, 6.07) is -1.82. The first-order valence-electron chi connectivity index (χ1n) is 5.61. The molecule has 0 aliphatic carbocycles. The molecule has 0 spiro atoms. The van der Waals surface area contributed by atoms with Crippen LogP contribution in [-0.4, -0.2) is 42.7 Å². The minimum absolute atomic E-state index is 0.265. The molecule has 0 aliphatic rings. The summed E-state index contributed by atoms with van der Waals surface area (Å²) in [6.45, 7) is 4.31. The summed E-state index contributed by atoms with van der Waals surface area (Å²) in [7, 11) is 1.47. The molecule has 110 valence electrons. The molecule has 0 fully saturated rings. The lowest BCUT2D eigenvalue weighted by Gasteiger charge is -2.15. The molecule has 8 heteroatoms. The number of esters is 1. The minimum Gasteiger partial charge on any atom is -0.460 e. The Balaban J connectivity index is 4.48. The Hall–Kier alpha value is -1.57. The van der Waals surface area contributed by atoms with Crippen molar-refractivity contribution in [2.45, 2.75) is 39.1 Å². The van der Waals surface area contributed by atoms with E-state index in [9.17, 15) is 18.0 Å². The standard InChI is InChI=1S/C11H18F3N3O2/c1-8(2)19-10(18)5-6-17(15-4)7-16-9(3)11(12,13)14/h5-9,15H,1-4H3/b6-5-,16-7?. The first-order chi connectivity index (χ1) is 8.66. The van der Waals surface area contributed by atoms with Crippen molar-refractivity contribution >= 4 is 12.3 Å². The van der Waals surface area contributed by atoms with Crippen LogP contribution in [0.4, 0.5) is 13.2 Å². The summed E-state index contributed by atoms with van der Waals surface area (Å²) in [6.07, 6.45) is -1.41. The molecule has 5 nitrogen and oxygen atoms in total. The van der Waals surface area contributed by atoms with Crippen molar-refractivity contribution in [1.82, 2.24) is 10.4 Å². The zero-order valence-electron chi connectivity index (χ0n) is 11.2. The molecule has 0 bridgehead atoms. The normalized spacial score (nSPS) is 14.3. The first-order valence-corrected chi connectivity index (χ1v) is 5.61. The fraction of sp³-hybridized carbons (Fsp3) is 0.636. The van der Waals surface area contributed by atoms with Gasteiger partial charge in [0.05, 0.1) is 6.10 Å². The smallest absolute Gasteiger partial charge is 0.410 e. The van der Waals surface area contributed by atoms with Crippen molar-refractivity contribution < 1.29 is 22.7 Å². The number of hydrazine groups is 1. The number of carbonyl (C=O) groups is 1. The maximum absolute atomic E-state index is 12.2. The number of aliphatic imine (C=N–C) groups is 1. The molecule has 0 amide bonds. The average molecular weight is 281 g/mol. The van der Waals surface area contributed by atoms with Gasteiger partial charge < -0.3 is 4.74 Å². The highest BCUT2D eigenvalue weighted by atomic mass is 19.4. The highest BCUT2D eigenvalue weighted by Gasteiger charge is 2.35. The lowest BCUT2D eigenvalue weighted by Crippen LogP contribution is -2.31. The Morgan fingerprint density at radius 1 is 1.37 bits per heavy atom. The molecule has 0 aromatic rings. The van der Waals surface area contributed by atoms with E-state index in [4.69, 9.17) is 4.74 Å². The minimum atomic E-state index is -4.39.